The van der Waals surface area contributed by atoms with Gasteiger partial charge >= 0.3 is 0 Å². The van der Waals surface area contributed by atoms with Crippen LogP contribution in [0.5, 0.6) is 0 Å². The molecule has 0 radical (unpaired) electrons. The van der Waals surface area contributed by atoms with Gasteiger partial charge in [-0.2, -0.15) is 5.10 Å². The summed E-state index contributed by atoms with van der Waals surface area (Å²) in [5.74, 6) is 0.572. The molecule has 4 rings (SSSR count). The van der Waals surface area contributed by atoms with E-state index in [4.69, 9.17) is 0 Å². The number of hydrogen-bond donors (Lipinski definition) is 0. The molecule has 27 heavy (non-hydrogen) atoms. The average Bonchev–Trinajstić information content (AvgIpc) is 3.31. The van der Waals surface area contributed by atoms with E-state index in [-0.39, 0.29) is 5.82 Å². The molecule has 0 atom stereocenters. The van der Waals surface area contributed by atoms with Gasteiger partial charge in [-0.25, -0.2) is 28.5 Å². The molecule has 0 spiro atoms. The highest BCUT2D eigenvalue weighted by Crippen LogP contribution is 2.20. The van der Waals surface area contributed by atoms with Crippen molar-refractivity contribution in [2.45, 2.75) is 39.5 Å². The lowest BCUT2D eigenvalue weighted by Gasteiger charge is -2.11. The SMILES string of the molecule is CCCc1c(Cc2ccnn2-c2ncccc2F)ncn2nc(CC)nc12. The van der Waals surface area contributed by atoms with Gasteiger partial charge in [-0.05, 0) is 24.6 Å². The van der Waals surface area contributed by atoms with Crippen LogP contribution >= 0.6 is 0 Å². The molecule has 0 saturated heterocycles. The van der Waals surface area contributed by atoms with Gasteiger partial charge in [0.25, 0.3) is 0 Å². The Hall–Kier alpha value is -3.16. The Balaban J connectivity index is 1.78. The Labute approximate surface area is 155 Å². The highest BCUT2D eigenvalue weighted by Gasteiger charge is 2.17. The van der Waals surface area contributed by atoms with Crippen LogP contribution in [0, 0.1) is 5.82 Å². The molecule has 0 N–H and O–H groups in total. The second-order valence-corrected chi connectivity index (χ2v) is 6.29. The van der Waals surface area contributed by atoms with Crippen LogP contribution in [0.3, 0.4) is 0 Å². The van der Waals surface area contributed by atoms with Gasteiger partial charge in [0.05, 0.1) is 11.4 Å². The minimum atomic E-state index is -0.412. The van der Waals surface area contributed by atoms with E-state index in [1.54, 1.807) is 29.3 Å². The fourth-order valence-electron chi connectivity index (χ4n) is 3.15. The summed E-state index contributed by atoms with van der Waals surface area (Å²) >= 11 is 0. The van der Waals surface area contributed by atoms with Crippen LogP contribution in [0.15, 0.2) is 36.9 Å². The maximum absolute atomic E-state index is 14.2. The van der Waals surface area contributed by atoms with Crippen LogP contribution in [-0.4, -0.2) is 34.3 Å². The number of aromatic nitrogens is 7. The predicted molar refractivity (Wildman–Crippen MR) is 98.3 cm³/mol. The second-order valence-electron chi connectivity index (χ2n) is 6.29. The largest absolute Gasteiger partial charge is 0.240 e. The average molecular weight is 365 g/mol. The molecule has 7 nitrogen and oxygen atoms in total. The van der Waals surface area contributed by atoms with Gasteiger partial charge in [-0.15, -0.1) is 5.10 Å². The number of fused-ring (bicyclic) bond motifs is 1. The van der Waals surface area contributed by atoms with Gasteiger partial charge in [0.2, 0.25) is 0 Å². The van der Waals surface area contributed by atoms with Gasteiger partial charge in [0.1, 0.15) is 6.33 Å². The normalized spacial score (nSPS) is 11.4. The first-order valence-electron chi connectivity index (χ1n) is 9.07. The standard InChI is InChI=1S/C19H20FN7/c1-3-6-14-16(22-12-26-18(14)24-17(4-2)25-26)11-13-8-10-23-27(13)19-15(20)7-5-9-21-19/h5,7-10,12H,3-4,6,11H2,1-2H3. The number of rotatable bonds is 6. The van der Waals surface area contributed by atoms with Crippen LogP contribution in [0.25, 0.3) is 11.5 Å². The maximum Gasteiger partial charge on any atom is 0.189 e. The van der Waals surface area contributed by atoms with Crippen LogP contribution in [0.2, 0.25) is 0 Å². The third-order valence-corrected chi connectivity index (χ3v) is 4.44. The number of aryl methyl sites for hydroxylation is 2. The number of halogens is 1. The van der Waals surface area contributed by atoms with Crippen LogP contribution < -0.4 is 0 Å². The van der Waals surface area contributed by atoms with Crippen molar-refractivity contribution in [3.8, 4) is 5.82 Å². The number of hydrogen-bond acceptors (Lipinski definition) is 5. The summed E-state index contributed by atoms with van der Waals surface area (Å²) in [6.45, 7) is 4.15. The van der Waals surface area contributed by atoms with Crippen molar-refractivity contribution in [1.82, 2.24) is 34.3 Å². The summed E-state index contributed by atoms with van der Waals surface area (Å²) < 4.78 is 17.4. The minimum Gasteiger partial charge on any atom is -0.240 e. The predicted octanol–water partition coefficient (Wildman–Crippen LogP) is 2.95. The molecule has 0 aliphatic rings. The molecule has 0 aromatic carbocycles. The van der Waals surface area contributed by atoms with Crippen LogP contribution in [0.1, 0.15) is 43.0 Å². The monoisotopic (exact) mass is 365 g/mol. The van der Waals surface area contributed by atoms with Gasteiger partial charge in [0.15, 0.2) is 23.1 Å². The quantitative estimate of drug-likeness (QED) is 0.525. The molecular weight excluding hydrogens is 345 g/mol. The van der Waals surface area contributed by atoms with Crippen LogP contribution in [-0.2, 0) is 19.3 Å². The summed E-state index contributed by atoms with van der Waals surface area (Å²) in [6.07, 6.45) is 7.99. The molecule has 0 aliphatic carbocycles. The van der Waals surface area contributed by atoms with Gasteiger partial charge in [-0.1, -0.05) is 20.3 Å². The van der Waals surface area contributed by atoms with Gasteiger partial charge < -0.3 is 0 Å². The van der Waals surface area contributed by atoms with E-state index < -0.39 is 5.82 Å². The molecular formula is C19H20FN7. The summed E-state index contributed by atoms with van der Waals surface area (Å²) in [4.78, 5) is 13.4. The maximum atomic E-state index is 14.2. The molecule has 4 aromatic heterocycles. The topological polar surface area (TPSA) is 73.8 Å². The van der Waals surface area contributed by atoms with Crippen LogP contribution in [0.4, 0.5) is 4.39 Å². The van der Waals surface area contributed by atoms with E-state index in [0.29, 0.717) is 6.42 Å². The van der Waals surface area contributed by atoms with Crippen molar-refractivity contribution in [3.05, 3.63) is 65.5 Å². The van der Waals surface area contributed by atoms with E-state index in [1.807, 2.05) is 13.0 Å². The van der Waals surface area contributed by atoms with E-state index >= 15 is 0 Å². The molecule has 0 aliphatic heterocycles. The van der Waals surface area contributed by atoms with E-state index in [0.717, 1.165) is 47.7 Å². The van der Waals surface area contributed by atoms with E-state index in [9.17, 15) is 4.39 Å². The van der Waals surface area contributed by atoms with Crippen molar-refractivity contribution in [2.24, 2.45) is 0 Å². The number of nitrogens with zero attached hydrogens (tertiary/aromatic N) is 7. The smallest absolute Gasteiger partial charge is 0.189 e. The Bertz CT molecular complexity index is 1080. The summed E-state index contributed by atoms with van der Waals surface area (Å²) in [5.41, 5.74) is 3.63. The molecule has 4 aromatic rings. The van der Waals surface area contributed by atoms with Gasteiger partial charge in [-0.3, -0.25) is 0 Å². The summed E-state index contributed by atoms with van der Waals surface area (Å²) in [7, 11) is 0. The molecule has 138 valence electrons. The summed E-state index contributed by atoms with van der Waals surface area (Å²) in [6, 6.07) is 4.80. The van der Waals surface area contributed by atoms with Crippen molar-refractivity contribution >= 4 is 5.65 Å². The van der Waals surface area contributed by atoms with Crippen molar-refractivity contribution in [1.29, 1.82) is 0 Å². The van der Waals surface area contributed by atoms with Crippen molar-refractivity contribution in [3.63, 3.8) is 0 Å². The fourth-order valence-corrected chi connectivity index (χ4v) is 3.15. The molecule has 0 bridgehead atoms. The third kappa shape index (κ3) is 3.18. The fraction of sp³-hybridized carbons (Fsp3) is 0.316. The molecule has 0 saturated carbocycles. The highest BCUT2D eigenvalue weighted by molar-refractivity contribution is 5.50. The zero-order valence-electron chi connectivity index (χ0n) is 15.3. The lowest BCUT2D eigenvalue weighted by atomic mass is 10.1. The Kier molecular flexibility index (Phi) is 4.62. The highest BCUT2D eigenvalue weighted by atomic mass is 19.1. The lowest BCUT2D eigenvalue weighted by molar-refractivity contribution is 0.596. The Morgan fingerprint density at radius 3 is 2.78 bits per heavy atom. The first-order chi connectivity index (χ1) is 13.2. The van der Waals surface area contributed by atoms with Gasteiger partial charge in [0, 0.05) is 30.8 Å². The zero-order valence-corrected chi connectivity index (χ0v) is 15.3. The van der Waals surface area contributed by atoms with Crippen molar-refractivity contribution in [2.75, 3.05) is 0 Å². The van der Waals surface area contributed by atoms with E-state index in [2.05, 4.69) is 32.1 Å². The second kappa shape index (κ2) is 7.22. The van der Waals surface area contributed by atoms with Crippen molar-refractivity contribution < 1.29 is 4.39 Å². The lowest BCUT2D eigenvalue weighted by Crippen LogP contribution is -2.10. The first kappa shape index (κ1) is 17.3. The first-order valence-corrected chi connectivity index (χ1v) is 9.07. The molecule has 0 amide bonds. The minimum absolute atomic E-state index is 0.186. The Morgan fingerprint density at radius 2 is 2.00 bits per heavy atom. The Morgan fingerprint density at radius 1 is 1.11 bits per heavy atom. The summed E-state index contributed by atoms with van der Waals surface area (Å²) in [5, 5.41) is 8.71. The molecule has 0 unspecified atom stereocenters. The van der Waals surface area contributed by atoms with E-state index in [1.165, 1.54) is 10.7 Å². The third-order valence-electron chi connectivity index (χ3n) is 4.44. The molecule has 8 heteroatoms. The molecule has 4 heterocycles. The molecule has 0 fully saturated rings. The zero-order chi connectivity index (χ0) is 18.8. The number of pyridine rings is 1.